The first kappa shape index (κ1) is 10.3. The standard InChI is InChI=1S/C10H5ClFNOS/c11-7-1-6(2-8(12)3-7)10-13-4-9(5-14)15-10/h1-5H. The molecule has 0 bridgehead atoms. The van der Waals surface area contributed by atoms with Crippen LogP contribution in [0.1, 0.15) is 9.67 Å². The van der Waals surface area contributed by atoms with Crippen LogP contribution in [-0.2, 0) is 0 Å². The van der Waals surface area contributed by atoms with Gasteiger partial charge in [-0.05, 0) is 18.2 Å². The molecule has 0 saturated heterocycles. The molecular formula is C10H5ClFNOS. The quantitative estimate of drug-likeness (QED) is 0.754. The van der Waals surface area contributed by atoms with Crippen molar-refractivity contribution in [1.82, 2.24) is 4.98 Å². The normalized spacial score (nSPS) is 10.3. The van der Waals surface area contributed by atoms with E-state index in [1.807, 2.05) is 0 Å². The summed E-state index contributed by atoms with van der Waals surface area (Å²) in [6, 6.07) is 4.16. The van der Waals surface area contributed by atoms with Gasteiger partial charge in [-0.2, -0.15) is 0 Å². The molecule has 0 atom stereocenters. The Hall–Kier alpha value is -1.26. The van der Waals surface area contributed by atoms with Crippen LogP contribution in [0.4, 0.5) is 4.39 Å². The smallest absolute Gasteiger partial charge is 0.161 e. The number of carbonyl (C=O) groups excluding carboxylic acids is 1. The first-order chi connectivity index (χ1) is 7.19. The summed E-state index contributed by atoms with van der Waals surface area (Å²) in [5, 5.41) is 0.895. The van der Waals surface area contributed by atoms with Gasteiger partial charge in [0.05, 0.1) is 4.88 Å². The monoisotopic (exact) mass is 241 g/mol. The van der Waals surface area contributed by atoms with Gasteiger partial charge in [0.1, 0.15) is 10.8 Å². The molecule has 0 aliphatic rings. The van der Waals surface area contributed by atoms with E-state index < -0.39 is 5.82 Å². The van der Waals surface area contributed by atoms with Gasteiger partial charge in [-0.25, -0.2) is 9.37 Å². The SMILES string of the molecule is O=Cc1cnc(-c2cc(F)cc(Cl)c2)s1. The summed E-state index contributed by atoms with van der Waals surface area (Å²) in [5.74, 6) is -0.416. The van der Waals surface area contributed by atoms with Crippen LogP contribution in [0, 0.1) is 5.82 Å². The Labute approximate surface area is 94.3 Å². The van der Waals surface area contributed by atoms with Crippen molar-refractivity contribution in [3.05, 3.63) is 40.1 Å². The van der Waals surface area contributed by atoms with Gasteiger partial charge in [-0.3, -0.25) is 4.79 Å². The molecule has 0 unspecified atom stereocenters. The van der Waals surface area contributed by atoms with Crippen molar-refractivity contribution in [2.24, 2.45) is 0 Å². The molecule has 2 aromatic rings. The fourth-order valence-electron chi connectivity index (χ4n) is 1.15. The zero-order valence-corrected chi connectivity index (χ0v) is 8.98. The van der Waals surface area contributed by atoms with Gasteiger partial charge in [0, 0.05) is 16.8 Å². The number of hydrogen-bond donors (Lipinski definition) is 0. The van der Waals surface area contributed by atoms with E-state index in [0.29, 0.717) is 26.8 Å². The minimum absolute atomic E-state index is 0.313. The number of aldehydes is 1. The zero-order valence-electron chi connectivity index (χ0n) is 7.41. The number of rotatable bonds is 2. The van der Waals surface area contributed by atoms with Crippen LogP contribution in [-0.4, -0.2) is 11.3 Å². The van der Waals surface area contributed by atoms with Gasteiger partial charge in [0.2, 0.25) is 0 Å². The molecule has 0 N–H and O–H groups in total. The second kappa shape index (κ2) is 4.08. The molecule has 15 heavy (non-hydrogen) atoms. The second-order valence-corrected chi connectivity index (χ2v) is 4.34. The van der Waals surface area contributed by atoms with E-state index in [4.69, 9.17) is 11.6 Å². The van der Waals surface area contributed by atoms with E-state index in [2.05, 4.69) is 4.98 Å². The molecule has 76 valence electrons. The van der Waals surface area contributed by atoms with Crippen LogP contribution in [0.3, 0.4) is 0 Å². The topological polar surface area (TPSA) is 30.0 Å². The maximum Gasteiger partial charge on any atom is 0.161 e. The van der Waals surface area contributed by atoms with Crippen molar-refractivity contribution < 1.29 is 9.18 Å². The maximum absolute atomic E-state index is 13.0. The average molecular weight is 242 g/mol. The third-order valence-electron chi connectivity index (χ3n) is 1.75. The lowest BCUT2D eigenvalue weighted by Gasteiger charge is -1.97. The highest BCUT2D eigenvalue weighted by molar-refractivity contribution is 7.16. The summed E-state index contributed by atoms with van der Waals surface area (Å²) in [7, 11) is 0. The minimum Gasteiger partial charge on any atom is -0.297 e. The summed E-state index contributed by atoms with van der Waals surface area (Å²) in [5.41, 5.74) is 0.582. The third kappa shape index (κ3) is 2.22. The van der Waals surface area contributed by atoms with Crippen LogP contribution < -0.4 is 0 Å². The Bertz CT molecular complexity index is 492. The predicted octanol–water partition coefficient (Wildman–Crippen LogP) is 3.42. The molecule has 1 aromatic heterocycles. The number of thiazole rings is 1. The summed E-state index contributed by atoms with van der Waals surface area (Å²) in [4.78, 5) is 15.0. The molecule has 2 nitrogen and oxygen atoms in total. The van der Waals surface area contributed by atoms with Crippen LogP contribution in [0.15, 0.2) is 24.4 Å². The third-order valence-corrected chi connectivity index (χ3v) is 2.94. The van der Waals surface area contributed by atoms with E-state index in [9.17, 15) is 9.18 Å². The lowest BCUT2D eigenvalue weighted by Crippen LogP contribution is -1.79. The van der Waals surface area contributed by atoms with Gasteiger partial charge < -0.3 is 0 Å². The molecule has 0 saturated carbocycles. The van der Waals surface area contributed by atoms with Crippen molar-refractivity contribution in [3.8, 4) is 10.6 Å². The number of aromatic nitrogens is 1. The molecule has 0 spiro atoms. The van der Waals surface area contributed by atoms with Crippen LogP contribution >= 0.6 is 22.9 Å². The molecule has 1 heterocycles. The van der Waals surface area contributed by atoms with Crippen molar-refractivity contribution in [2.75, 3.05) is 0 Å². The molecular weight excluding hydrogens is 237 g/mol. The molecule has 0 fully saturated rings. The number of nitrogens with zero attached hydrogens (tertiary/aromatic N) is 1. The van der Waals surface area contributed by atoms with Gasteiger partial charge in [0.15, 0.2) is 6.29 Å². The van der Waals surface area contributed by atoms with Gasteiger partial charge in [-0.15, -0.1) is 11.3 Å². The van der Waals surface area contributed by atoms with E-state index in [-0.39, 0.29) is 0 Å². The maximum atomic E-state index is 13.0. The van der Waals surface area contributed by atoms with Gasteiger partial charge in [0.25, 0.3) is 0 Å². The minimum atomic E-state index is -0.416. The fraction of sp³-hybridized carbons (Fsp3) is 0. The lowest BCUT2D eigenvalue weighted by molar-refractivity contribution is 0.112. The van der Waals surface area contributed by atoms with E-state index in [1.54, 1.807) is 6.07 Å². The highest BCUT2D eigenvalue weighted by Crippen LogP contribution is 2.27. The van der Waals surface area contributed by atoms with E-state index in [0.717, 1.165) is 0 Å². The molecule has 0 aliphatic heterocycles. The Morgan fingerprint density at radius 2 is 2.20 bits per heavy atom. The van der Waals surface area contributed by atoms with E-state index >= 15 is 0 Å². The Balaban J connectivity index is 2.48. The van der Waals surface area contributed by atoms with Crippen LogP contribution in [0.25, 0.3) is 10.6 Å². The van der Waals surface area contributed by atoms with Crippen molar-refractivity contribution in [3.63, 3.8) is 0 Å². The summed E-state index contributed by atoms with van der Waals surface area (Å²) < 4.78 is 13.0. The van der Waals surface area contributed by atoms with E-state index in [1.165, 1.54) is 29.7 Å². The number of carbonyl (C=O) groups is 1. The molecule has 0 aliphatic carbocycles. The van der Waals surface area contributed by atoms with Crippen LogP contribution in [0.5, 0.6) is 0 Å². The lowest BCUT2D eigenvalue weighted by atomic mass is 10.2. The first-order valence-corrected chi connectivity index (χ1v) is 5.26. The number of benzene rings is 1. The Kier molecular flexibility index (Phi) is 2.79. The molecule has 5 heteroatoms. The number of hydrogen-bond acceptors (Lipinski definition) is 3. The molecule has 1 aromatic carbocycles. The Morgan fingerprint density at radius 3 is 2.80 bits per heavy atom. The molecule has 0 radical (unpaired) electrons. The summed E-state index contributed by atoms with van der Waals surface area (Å²) in [6.07, 6.45) is 2.16. The second-order valence-electron chi connectivity index (χ2n) is 2.84. The van der Waals surface area contributed by atoms with Crippen molar-refractivity contribution in [2.45, 2.75) is 0 Å². The summed E-state index contributed by atoms with van der Waals surface area (Å²) >= 11 is 6.91. The Morgan fingerprint density at radius 1 is 1.40 bits per heavy atom. The van der Waals surface area contributed by atoms with Gasteiger partial charge in [-0.1, -0.05) is 11.6 Å². The van der Waals surface area contributed by atoms with Crippen molar-refractivity contribution in [1.29, 1.82) is 0 Å². The highest BCUT2D eigenvalue weighted by Gasteiger charge is 2.06. The summed E-state index contributed by atoms with van der Waals surface area (Å²) in [6.45, 7) is 0. The van der Waals surface area contributed by atoms with Crippen LogP contribution in [0.2, 0.25) is 5.02 Å². The first-order valence-electron chi connectivity index (χ1n) is 4.06. The predicted molar refractivity (Wildman–Crippen MR) is 57.9 cm³/mol. The van der Waals surface area contributed by atoms with Gasteiger partial charge >= 0.3 is 0 Å². The highest BCUT2D eigenvalue weighted by atomic mass is 35.5. The zero-order chi connectivity index (χ0) is 10.8. The molecule has 0 amide bonds. The fourth-order valence-corrected chi connectivity index (χ4v) is 2.09. The average Bonchev–Trinajstić information content (AvgIpc) is 2.64. The largest absolute Gasteiger partial charge is 0.297 e. The van der Waals surface area contributed by atoms with Crippen molar-refractivity contribution >= 4 is 29.2 Å². The number of halogens is 2. The molecule has 2 rings (SSSR count).